The maximum Gasteiger partial charge on any atom is 0.252 e. The molecule has 1 aromatic carbocycles. The van der Waals surface area contributed by atoms with Gasteiger partial charge in [-0.3, -0.25) is 4.79 Å². The van der Waals surface area contributed by atoms with Crippen LogP contribution in [0.4, 0.5) is 10.2 Å². The van der Waals surface area contributed by atoms with Crippen molar-refractivity contribution in [2.24, 2.45) is 0 Å². The molecule has 0 spiro atoms. The number of aromatic amines is 1. The molecule has 0 aliphatic heterocycles. The number of aromatic nitrogens is 2. The summed E-state index contributed by atoms with van der Waals surface area (Å²) in [4.78, 5) is 18.2. The standard InChI is InChI=1S/C13H13ClFN3O/c1-2-11-17-12(6-13(19)18-11)16-7-8-3-4-10(15)9(14)5-8/h3-6H,2,7H2,1H3,(H2,16,17,18,19). The van der Waals surface area contributed by atoms with Gasteiger partial charge in [-0.25, -0.2) is 9.37 Å². The SMILES string of the molecule is CCc1nc(NCc2ccc(F)c(Cl)c2)cc(=O)[nH]1. The predicted molar refractivity (Wildman–Crippen MR) is 73.0 cm³/mol. The number of hydrogen-bond donors (Lipinski definition) is 2. The maximum atomic E-state index is 13.0. The molecule has 2 N–H and O–H groups in total. The third-order valence-corrected chi connectivity index (χ3v) is 2.87. The number of hydrogen-bond acceptors (Lipinski definition) is 3. The minimum absolute atomic E-state index is 0.0763. The summed E-state index contributed by atoms with van der Waals surface area (Å²) in [6.45, 7) is 2.32. The monoisotopic (exact) mass is 281 g/mol. The summed E-state index contributed by atoms with van der Waals surface area (Å²) < 4.78 is 13.0. The van der Waals surface area contributed by atoms with Gasteiger partial charge in [-0.1, -0.05) is 24.6 Å². The highest BCUT2D eigenvalue weighted by Crippen LogP contribution is 2.16. The summed E-state index contributed by atoms with van der Waals surface area (Å²) in [5.41, 5.74) is 0.609. The first-order valence-electron chi connectivity index (χ1n) is 5.86. The van der Waals surface area contributed by atoms with Crippen LogP contribution in [0.15, 0.2) is 29.1 Å². The fourth-order valence-electron chi connectivity index (χ4n) is 1.61. The Hall–Kier alpha value is -1.88. The summed E-state index contributed by atoms with van der Waals surface area (Å²) in [7, 11) is 0. The van der Waals surface area contributed by atoms with Crippen molar-refractivity contribution in [3.05, 3.63) is 56.8 Å². The molecule has 0 saturated heterocycles. The van der Waals surface area contributed by atoms with E-state index >= 15 is 0 Å². The molecule has 0 bridgehead atoms. The van der Waals surface area contributed by atoms with E-state index in [4.69, 9.17) is 11.6 Å². The number of H-pyrrole nitrogens is 1. The van der Waals surface area contributed by atoms with Crippen molar-refractivity contribution in [2.45, 2.75) is 19.9 Å². The zero-order chi connectivity index (χ0) is 13.8. The summed E-state index contributed by atoms with van der Waals surface area (Å²) >= 11 is 5.70. The Morgan fingerprint density at radius 1 is 1.42 bits per heavy atom. The van der Waals surface area contributed by atoms with E-state index in [2.05, 4.69) is 15.3 Å². The summed E-state index contributed by atoms with van der Waals surface area (Å²) in [5.74, 6) is 0.654. The van der Waals surface area contributed by atoms with Crippen molar-refractivity contribution in [1.82, 2.24) is 9.97 Å². The molecule has 0 fully saturated rings. The maximum absolute atomic E-state index is 13.0. The Morgan fingerprint density at radius 2 is 2.21 bits per heavy atom. The molecule has 0 amide bonds. The number of nitrogens with one attached hydrogen (secondary N) is 2. The smallest absolute Gasteiger partial charge is 0.252 e. The van der Waals surface area contributed by atoms with Crippen molar-refractivity contribution < 1.29 is 4.39 Å². The van der Waals surface area contributed by atoms with Crippen molar-refractivity contribution in [1.29, 1.82) is 0 Å². The Kier molecular flexibility index (Phi) is 4.16. The number of rotatable bonds is 4. The fraction of sp³-hybridized carbons (Fsp3) is 0.231. The van der Waals surface area contributed by atoms with Crippen molar-refractivity contribution in [2.75, 3.05) is 5.32 Å². The van der Waals surface area contributed by atoms with E-state index in [1.165, 1.54) is 18.2 Å². The van der Waals surface area contributed by atoms with Gasteiger partial charge >= 0.3 is 0 Å². The Morgan fingerprint density at radius 3 is 2.89 bits per heavy atom. The van der Waals surface area contributed by atoms with Crippen LogP contribution in [0.1, 0.15) is 18.3 Å². The summed E-state index contributed by atoms with van der Waals surface area (Å²) in [6.07, 6.45) is 0.646. The van der Waals surface area contributed by atoms with Crippen LogP contribution in [0.2, 0.25) is 5.02 Å². The van der Waals surface area contributed by atoms with E-state index in [0.29, 0.717) is 24.6 Å². The zero-order valence-corrected chi connectivity index (χ0v) is 11.1. The lowest BCUT2D eigenvalue weighted by Crippen LogP contribution is -2.13. The van der Waals surface area contributed by atoms with Gasteiger partial charge in [0.1, 0.15) is 17.5 Å². The van der Waals surface area contributed by atoms with Gasteiger partial charge in [-0.05, 0) is 17.7 Å². The lowest BCUT2D eigenvalue weighted by Gasteiger charge is -2.07. The van der Waals surface area contributed by atoms with Crippen LogP contribution in [-0.2, 0) is 13.0 Å². The largest absolute Gasteiger partial charge is 0.366 e. The van der Waals surface area contributed by atoms with Crippen LogP contribution in [0.25, 0.3) is 0 Å². The first kappa shape index (κ1) is 13.5. The molecule has 1 aromatic heterocycles. The zero-order valence-electron chi connectivity index (χ0n) is 10.3. The van der Waals surface area contributed by atoms with Crippen molar-refractivity contribution >= 4 is 17.4 Å². The van der Waals surface area contributed by atoms with E-state index in [-0.39, 0.29) is 10.6 Å². The van der Waals surface area contributed by atoms with Crippen molar-refractivity contribution in [3.8, 4) is 0 Å². The molecule has 19 heavy (non-hydrogen) atoms. The number of halogens is 2. The molecule has 0 unspecified atom stereocenters. The number of anilines is 1. The van der Waals surface area contributed by atoms with Gasteiger partial charge in [-0.15, -0.1) is 0 Å². The molecule has 2 aromatic rings. The topological polar surface area (TPSA) is 57.8 Å². The molecule has 100 valence electrons. The molecule has 1 heterocycles. The number of benzene rings is 1. The Bertz CT molecular complexity index is 642. The van der Waals surface area contributed by atoms with Crippen LogP contribution in [-0.4, -0.2) is 9.97 Å². The Balaban J connectivity index is 2.11. The molecule has 0 saturated carbocycles. The molecule has 4 nitrogen and oxygen atoms in total. The number of aryl methyl sites for hydroxylation is 1. The molecular formula is C13H13ClFN3O. The highest BCUT2D eigenvalue weighted by molar-refractivity contribution is 6.30. The van der Waals surface area contributed by atoms with Crippen LogP contribution >= 0.6 is 11.6 Å². The number of nitrogens with zero attached hydrogens (tertiary/aromatic N) is 1. The highest BCUT2D eigenvalue weighted by atomic mass is 35.5. The van der Waals surface area contributed by atoms with Crippen LogP contribution in [0.5, 0.6) is 0 Å². The average Bonchev–Trinajstić information content (AvgIpc) is 2.39. The van der Waals surface area contributed by atoms with E-state index in [1.54, 1.807) is 6.07 Å². The van der Waals surface area contributed by atoms with E-state index in [1.807, 2.05) is 6.92 Å². The second-order valence-corrected chi connectivity index (χ2v) is 4.44. The lowest BCUT2D eigenvalue weighted by molar-refractivity contribution is 0.627. The second kappa shape index (κ2) is 5.84. The third-order valence-electron chi connectivity index (χ3n) is 2.58. The van der Waals surface area contributed by atoms with Gasteiger partial charge in [0, 0.05) is 19.0 Å². The molecule has 0 aliphatic rings. The van der Waals surface area contributed by atoms with Gasteiger partial charge < -0.3 is 10.3 Å². The van der Waals surface area contributed by atoms with Gasteiger partial charge in [-0.2, -0.15) is 0 Å². The molecular weight excluding hydrogens is 269 g/mol. The molecule has 2 rings (SSSR count). The third kappa shape index (κ3) is 3.54. The van der Waals surface area contributed by atoms with Crippen LogP contribution < -0.4 is 10.9 Å². The van der Waals surface area contributed by atoms with Gasteiger partial charge in [0.15, 0.2) is 0 Å². The van der Waals surface area contributed by atoms with Crippen LogP contribution in [0, 0.1) is 5.82 Å². The van der Waals surface area contributed by atoms with Crippen LogP contribution in [0.3, 0.4) is 0 Å². The van der Waals surface area contributed by atoms with Gasteiger partial charge in [0.25, 0.3) is 5.56 Å². The molecule has 0 atom stereocenters. The predicted octanol–water partition coefficient (Wildman–Crippen LogP) is 2.74. The van der Waals surface area contributed by atoms with Gasteiger partial charge in [0.2, 0.25) is 0 Å². The first-order valence-corrected chi connectivity index (χ1v) is 6.24. The first-order chi connectivity index (χ1) is 9.08. The second-order valence-electron chi connectivity index (χ2n) is 4.03. The van der Waals surface area contributed by atoms with E-state index < -0.39 is 5.82 Å². The molecule has 6 heteroatoms. The average molecular weight is 282 g/mol. The summed E-state index contributed by atoms with van der Waals surface area (Å²) in [5, 5.41) is 3.09. The lowest BCUT2D eigenvalue weighted by atomic mass is 10.2. The van der Waals surface area contributed by atoms with E-state index in [0.717, 1.165) is 5.56 Å². The van der Waals surface area contributed by atoms with Crippen molar-refractivity contribution in [3.63, 3.8) is 0 Å². The quantitative estimate of drug-likeness (QED) is 0.906. The minimum Gasteiger partial charge on any atom is -0.366 e. The molecule has 0 aliphatic carbocycles. The highest BCUT2D eigenvalue weighted by Gasteiger charge is 2.03. The molecule has 0 radical (unpaired) electrons. The van der Waals surface area contributed by atoms with Gasteiger partial charge in [0.05, 0.1) is 5.02 Å². The minimum atomic E-state index is -0.451. The van der Waals surface area contributed by atoms with E-state index in [9.17, 15) is 9.18 Å². The normalized spacial score (nSPS) is 10.5. The Labute approximate surface area is 114 Å². The fourth-order valence-corrected chi connectivity index (χ4v) is 1.81. The summed E-state index contributed by atoms with van der Waals surface area (Å²) in [6, 6.07) is 5.85.